The third-order valence-electron chi connectivity index (χ3n) is 4.22. The molecule has 1 saturated heterocycles. The smallest absolute Gasteiger partial charge is 0.224 e. The van der Waals surface area contributed by atoms with E-state index in [1.54, 1.807) is 18.7 Å². The van der Waals surface area contributed by atoms with Gasteiger partial charge in [-0.3, -0.25) is 9.69 Å². The maximum Gasteiger partial charge on any atom is 0.224 e. The second-order valence-electron chi connectivity index (χ2n) is 6.71. The number of carbonyl (C=O) groups excluding carboxylic acids is 1. The summed E-state index contributed by atoms with van der Waals surface area (Å²) in [6.07, 6.45) is 3.94. The zero-order valence-corrected chi connectivity index (χ0v) is 14.9. The Bertz CT molecular complexity index is 493. The zero-order chi connectivity index (χ0) is 16.7. The van der Waals surface area contributed by atoms with Crippen molar-refractivity contribution in [3.05, 3.63) is 35.9 Å². The van der Waals surface area contributed by atoms with Gasteiger partial charge >= 0.3 is 0 Å². The molecule has 1 fully saturated rings. The molecule has 1 aliphatic heterocycles. The Morgan fingerprint density at radius 2 is 2.17 bits per heavy atom. The molecular formula is C18H28N2O2S. The van der Waals surface area contributed by atoms with Gasteiger partial charge < -0.3 is 10.4 Å². The molecule has 1 aromatic carbocycles. The molecule has 23 heavy (non-hydrogen) atoms. The number of aliphatic hydroxyl groups is 1. The molecule has 5 heteroatoms. The number of nitrogens with one attached hydrogen (secondary N) is 1. The van der Waals surface area contributed by atoms with Crippen LogP contribution in [-0.4, -0.2) is 53.2 Å². The van der Waals surface area contributed by atoms with E-state index in [9.17, 15) is 9.90 Å². The highest BCUT2D eigenvalue weighted by Gasteiger charge is 2.27. The highest BCUT2D eigenvalue weighted by molar-refractivity contribution is 7.98. The third kappa shape index (κ3) is 6.16. The third-order valence-corrected chi connectivity index (χ3v) is 5.13. The van der Waals surface area contributed by atoms with Gasteiger partial charge in [0, 0.05) is 25.4 Å². The normalized spacial score (nSPS) is 21.6. The van der Waals surface area contributed by atoms with Gasteiger partial charge in [0.2, 0.25) is 5.91 Å². The van der Waals surface area contributed by atoms with Crippen molar-refractivity contribution >= 4 is 17.7 Å². The Morgan fingerprint density at radius 1 is 1.43 bits per heavy atom. The fraction of sp³-hybridized carbons (Fsp3) is 0.611. The summed E-state index contributed by atoms with van der Waals surface area (Å²) < 4.78 is 0. The predicted molar refractivity (Wildman–Crippen MR) is 96.5 cm³/mol. The first-order valence-electron chi connectivity index (χ1n) is 8.25. The first-order valence-corrected chi connectivity index (χ1v) is 9.65. The summed E-state index contributed by atoms with van der Waals surface area (Å²) in [5.74, 6) is 0.722. The van der Waals surface area contributed by atoms with Crippen LogP contribution in [-0.2, 0) is 11.3 Å². The lowest BCUT2D eigenvalue weighted by molar-refractivity contribution is -0.127. The average Bonchev–Trinajstić information content (AvgIpc) is 2.54. The predicted octanol–water partition coefficient (Wildman–Crippen LogP) is 2.13. The van der Waals surface area contributed by atoms with Crippen LogP contribution < -0.4 is 5.32 Å². The molecule has 1 aliphatic rings. The van der Waals surface area contributed by atoms with Gasteiger partial charge in [0.05, 0.1) is 11.5 Å². The number of thioether (sulfide) groups is 1. The molecule has 0 unspecified atom stereocenters. The molecule has 0 aromatic heterocycles. The molecule has 2 rings (SSSR count). The van der Waals surface area contributed by atoms with E-state index >= 15 is 0 Å². The van der Waals surface area contributed by atoms with Crippen LogP contribution in [0.25, 0.3) is 0 Å². The van der Waals surface area contributed by atoms with E-state index in [2.05, 4.69) is 34.5 Å². The van der Waals surface area contributed by atoms with E-state index in [0.717, 1.165) is 32.5 Å². The SMILES string of the molecule is CSC[C@@](C)(O)CNC(=O)[C@H]1CCCN(Cc2ccccc2)C1. The summed E-state index contributed by atoms with van der Waals surface area (Å²) in [6.45, 7) is 4.83. The zero-order valence-electron chi connectivity index (χ0n) is 14.1. The van der Waals surface area contributed by atoms with Crippen LogP contribution in [0.4, 0.5) is 0 Å². The first kappa shape index (κ1) is 18.3. The number of nitrogens with zero attached hydrogens (tertiary/aromatic N) is 1. The van der Waals surface area contributed by atoms with E-state index in [1.165, 1.54) is 5.56 Å². The van der Waals surface area contributed by atoms with Crippen LogP contribution in [0.2, 0.25) is 0 Å². The summed E-state index contributed by atoms with van der Waals surface area (Å²) in [5, 5.41) is 13.1. The van der Waals surface area contributed by atoms with Gasteiger partial charge in [-0.2, -0.15) is 11.8 Å². The van der Waals surface area contributed by atoms with Gasteiger partial charge in [-0.1, -0.05) is 30.3 Å². The van der Waals surface area contributed by atoms with Gasteiger partial charge in [-0.25, -0.2) is 0 Å². The van der Waals surface area contributed by atoms with Gasteiger partial charge in [-0.05, 0) is 38.1 Å². The lowest BCUT2D eigenvalue weighted by atomic mass is 9.96. The summed E-state index contributed by atoms with van der Waals surface area (Å²) >= 11 is 1.59. The van der Waals surface area contributed by atoms with Crippen molar-refractivity contribution in [1.29, 1.82) is 0 Å². The monoisotopic (exact) mass is 336 g/mol. The van der Waals surface area contributed by atoms with Crippen LogP contribution in [0.5, 0.6) is 0 Å². The van der Waals surface area contributed by atoms with Crippen molar-refractivity contribution in [2.75, 3.05) is 31.6 Å². The van der Waals surface area contributed by atoms with Gasteiger partial charge in [0.15, 0.2) is 0 Å². The number of likely N-dealkylation sites (tertiary alicyclic amines) is 1. The van der Waals surface area contributed by atoms with Crippen LogP contribution in [0.3, 0.4) is 0 Å². The molecule has 128 valence electrons. The number of carbonyl (C=O) groups is 1. The van der Waals surface area contributed by atoms with E-state index in [1.807, 2.05) is 12.3 Å². The van der Waals surface area contributed by atoms with Crippen molar-refractivity contribution < 1.29 is 9.90 Å². The van der Waals surface area contributed by atoms with E-state index in [-0.39, 0.29) is 11.8 Å². The van der Waals surface area contributed by atoms with Crippen molar-refractivity contribution in [2.45, 2.75) is 31.9 Å². The number of hydrogen-bond donors (Lipinski definition) is 2. The second kappa shape index (κ2) is 8.71. The molecule has 4 nitrogen and oxygen atoms in total. The van der Waals surface area contributed by atoms with Gasteiger partial charge in [0.25, 0.3) is 0 Å². The molecule has 1 aromatic rings. The molecule has 0 radical (unpaired) electrons. The molecule has 2 atom stereocenters. The fourth-order valence-electron chi connectivity index (χ4n) is 3.04. The van der Waals surface area contributed by atoms with Crippen molar-refractivity contribution in [1.82, 2.24) is 10.2 Å². The second-order valence-corrected chi connectivity index (χ2v) is 7.57. The van der Waals surface area contributed by atoms with Crippen molar-refractivity contribution in [3.63, 3.8) is 0 Å². The lowest BCUT2D eigenvalue weighted by Gasteiger charge is -2.32. The highest BCUT2D eigenvalue weighted by atomic mass is 32.2. The maximum atomic E-state index is 12.4. The molecule has 0 aliphatic carbocycles. The Balaban J connectivity index is 1.82. The van der Waals surface area contributed by atoms with Crippen LogP contribution in [0.1, 0.15) is 25.3 Å². The molecule has 0 spiro atoms. The quantitative estimate of drug-likeness (QED) is 0.801. The van der Waals surface area contributed by atoms with E-state index in [4.69, 9.17) is 0 Å². The number of rotatable bonds is 7. The minimum atomic E-state index is -0.840. The number of hydrogen-bond acceptors (Lipinski definition) is 4. The summed E-state index contributed by atoms with van der Waals surface area (Å²) in [5.41, 5.74) is 0.449. The first-order chi connectivity index (χ1) is 11.0. The Labute approximate surface area is 143 Å². The highest BCUT2D eigenvalue weighted by Crippen LogP contribution is 2.19. The van der Waals surface area contributed by atoms with Crippen LogP contribution in [0.15, 0.2) is 30.3 Å². The Kier molecular flexibility index (Phi) is 6.93. The summed E-state index contributed by atoms with van der Waals surface area (Å²) in [7, 11) is 0. The van der Waals surface area contributed by atoms with Crippen molar-refractivity contribution in [3.8, 4) is 0 Å². The molecule has 0 saturated carbocycles. The van der Waals surface area contributed by atoms with Crippen molar-refractivity contribution in [2.24, 2.45) is 5.92 Å². The summed E-state index contributed by atoms with van der Waals surface area (Å²) in [4.78, 5) is 14.7. The fourth-order valence-corrected chi connectivity index (χ4v) is 3.76. The topological polar surface area (TPSA) is 52.6 Å². The molecular weight excluding hydrogens is 308 g/mol. The Morgan fingerprint density at radius 3 is 2.87 bits per heavy atom. The van der Waals surface area contributed by atoms with Gasteiger partial charge in [0.1, 0.15) is 0 Å². The van der Waals surface area contributed by atoms with Gasteiger partial charge in [-0.15, -0.1) is 0 Å². The molecule has 0 bridgehead atoms. The lowest BCUT2D eigenvalue weighted by Crippen LogP contribution is -2.47. The maximum absolute atomic E-state index is 12.4. The minimum Gasteiger partial charge on any atom is -0.387 e. The van der Waals surface area contributed by atoms with Crippen LogP contribution in [0, 0.1) is 5.92 Å². The number of benzene rings is 1. The average molecular weight is 337 g/mol. The minimum absolute atomic E-state index is 0.0255. The molecule has 1 heterocycles. The molecule has 1 amide bonds. The Hall–Kier alpha value is -1.04. The van der Waals surface area contributed by atoms with Crippen LogP contribution >= 0.6 is 11.8 Å². The standard InChI is InChI=1S/C18H28N2O2S/c1-18(22,14-23-2)13-19-17(21)16-9-6-10-20(12-16)11-15-7-4-3-5-8-15/h3-5,7-8,16,22H,6,9-14H2,1-2H3,(H,19,21)/t16-,18-/m0/s1. The largest absolute Gasteiger partial charge is 0.387 e. The number of piperidine rings is 1. The van der Waals surface area contributed by atoms with E-state index in [0.29, 0.717) is 12.3 Å². The summed E-state index contributed by atoms with van der Waals surface area (Å²) in [6, 6.07) is 10.4. The number of amides is 1. The molecule has 2 N–H and O–H groups in total. The van der Waals surface area contributed by atoms with E-state index < -0.39 is 5.60 Å².